The molecule has 1 saturated carbocycles. The number of rotatable bonds is 6. The van der Waals surface area contributed by atoms with E-state index in [0.717, 1.165) is 24.2 Å². The van der Waals surface area contributed by atoms with Crippen LogP contribution in [-0.2, 0) is 26.8 Å². The van der Waals surface area contributed by atoms with Gasteiger partial charge in [0.25, 0.3) is 0 Å². The quantitative estimate of drug-likeness (QED) is 0.678. The lowest BCUT2D eigenvalue weighted by Gasteiger charge is -2.36. The molecule has 31 heavy (non-hydrogen) atoms. The molecule has 0 bridgehead atoms. The summed E-state index contributed by atoms with van der Waals surface area (Å²) in [5.74, 6) is 0.865. The lowest BCUT2D eigenvalue weighted by atomic mass is 9.94. The molecule has 1 saturated heterocycles. The zero-order chi connectivity index (χ0) is 22.4. The van der Waals surface area contributed by atoms with Crippen molar-refractivity contribution in [3.05, 3.63) is 41.2 Å². The molecule has 2 aromatic rings. The number of piperazine rings is 1. The second kappa shape index (κ2) is 7.94. The van der Waals surface area contributed by atoms with E-state index in [-0.39, 0.29) is 5.91 Å². The zero-order valence-corrected chi connectivity index (χ0v) is 19.4. The number of benzene rings is 1. The van der Waals surface area contributed by atoms with Crippen molar-refractivity contribution in [3.8, 4) is 5.75 Å². The molecule has 9 heteroatoms. The third kappa shape index (κ3) is 3.63. The molecule has 168 valence electrons. The van der Waals surface area contributed by atoms with Crippen LogP contribution < -0.4 is 4.74 Å². The smallest absolute Gasteiger partial charge is 0.246 e. The first-order valence-corrected chi connectivity index (χ1v) is 12.2. The standard InChI is InChI=1S/C22H30N4O4S/c1-5-26-17(3)20(16(2)23-26)31(28,29)25-14-12-24(13-15-25)21(27)22(10-11-22)18-6-8-19(30-4)9-7-18/h6-9H,5,10-15H2,1-4H3. The highest BCUT2D eigenvalue weighted by atomic mass is 32.2. The maximum absolute atomic E-state index is 13.3. The third-order valence-corrected chi connectivity index (χ3v) is 8.69. The van der Waals surface area contributed by atoms with Gasteiger partial charge in [0, 0.05) is 32.7 Å². The Hall–Kier alpha value is -2.39. The minimum absolute atomic E-state index is 0.0980. The van der Waals surface area contributed by atoms with Gasteiger partial charge < -0.3 is 9.64 Å². The van der Waals surface area contributed by atoms with E-state index in [4.69, 9.17) is 4.74 Å². The van der Waals surface area contributed by atoms with E-state index < -0.39 is 15.4 Å². The van der Waals surface area contributed by atoms with Crippen molar-refractivity contribution in [2.75, 3.05) is 33.3 Å². The SMILES string of the molecule is CCn1nc(C)c(S(=O)(=O)N2CCN(C(=O)C3(c4ccc(OC)cc4)CC3)CC2)c1C. The van der Waals surface area contributed by atoms with Crippen LogP contribution in [0.4, 0.5) is 0 Å². The van der Waals surface area contributed by atoms with Crippen molar-refractivity contribution in [1.82, 2.24) is 19.0 Å². The van der Waals surface area contributed by atoms with Gasteiger partial charge in [0.15, 0.2) is 0 Å². The molecular formula is C22H30N4O4S. The molecule has 0 N–H and O–H groups in total. The molecular weight excluding hydrogens is 416 g/mol. The number of hydrogen-bond acceptors (Lipinski definition) is 5. The number of nitrogens with zero attached hydrogens (tertiary/aromatic N) is 4. The molecule has 0 atom stereocenters. The van der Waals surface area contributed by atoms with Crippen molar-refractivity contribution in [2.45, 2.75) is 50.5 Å². The molecule has 1 aliphatic carbocycles. The number of carbonyl (C=O) groups excluding carboxylic acids is 1. The summed E-state index contributed by atoms with van der Waals surface area (Å²) in [7, 11) is -2.02. The first-order valence-electron chi connectivity index (χ1n) is 10.7. The number of ether oxygens (including phenoxy) is 1. The number of carbonyl (C=O) groups is 1. The summed E-state index contributed by atoms with van der Waals surface area (Å²) in [5, 5.41) is 4.36. The highest BCUT2D eigenvalue weighted by molar-refractivity contribution is 7.89. The van der Waals surface area contributed by atoms with Gasteiger partial charge in [-0.15, -0.1) is 0 Å². The van der Waals surface area contributed by atoms with Crippen molar-refractivity contribution in [3.63, 3.8) is 0 Å². The second-order valence-corrected chi connectivity index (χ2v) is 10.2. The fourth-order valence-electron chi connectivity index (χ4n) is 4.59. The minimum Gasteiger partial charge on any atom is -0.497 e. The average molecular weight is 447 g/mol. The summed E-state index contributed by atoms with van der Waals surface area (Å²) in [5.41, 5.74) is 1.72. The molecule has 2 aliphatic rings. The predicted octanol–water partition coefficient (Wildman–Crippen LogP) is 2.09. The van der Waals surface area contributed by atoms with Crippen LogP contribution >= 0.6 is 0 Å². The molecule has 1 amide bonds. The van der Waals surface area contributed by atoms with Crippen LogP contribution in [0.3, 0.4) is 0 Å². The highest BCUT2D eigenvalue weighted by Crippen LogP contribution is 2.50. The maximum Gasteiger partial charge on any atom is 0.246 e. The number of aryl methyl sites for hydroxylation is 2. The largest absolute Gasteiger partial charge is 0.497 e. The van der Waals surface area contributed by atoms with E-state index >= 15 is 0 Å². The predicted molar refractivity (Wildman–Crippen MR) is 117 cm³/mol. The highest BCUT2D eigenvalue weighted by Gasteiger charge is 2.53. The number of methoxy groups -OCH3 is 1. The molecule has 1 aliphatic heterocycles. The molecule has 0 unspecified atom stereocenters. The Kier molecular flexibility index (Phi) is 5.59. The van der Waals surface area contributed by atoms with Crippen LogP contribution in [-0.4, -0.2) is 66.6 Å². The van der Waals surface area contributed by atoms with Crippen molar-refractivity contribution >= 4 is 15.9 Å². The fourth-order valence-corrected chi connectivity index (χ4v) is 6.38. The maximum atomic E-state index is 13.3. The molecule has 2 fully saturated rings. The summed E-state index contributed by atoms with van der Waals surface area (Å²) in [4.78, 5) is 15.4. The van der Waals surface area contributed by atoms with Gasteiger partial charge in [-0.2, -0.15) is 9.40 Å². The minimum atomic E-state index is -3.64. The van der Waals surface area contributed by atoms with Crippen LogP contribution in [0.1, 0.15) is 36.7 Å². The Labute approximate surface area is 183 Å². The van der Waals surface area contributed by atoms with Crippen LogP contribution in [0.15, 0.2) is 29.2 Å². The van der Waals surface area contributed by atoms with E-state index in [1.807, 2.05) is 36.1 Å². The zero-order valence-electron chi connectivity index (χ0n) is 18.6. The third-order valence-electron chi connectivity index (χ3n) is 6.54. The lowest BCUT2D eigenvalue weighted by molar-refractivity contribution is -0.135. The van der Waals surface area contributed by atoms with Gasteiger partial charge in [-0.25, -0.2) is 8.42 Å². The Morgan fingerprint density at radius 1 is 1.10 bits per heavy atom. The number of aromatic nitrogens is 2. The number of hydrogen-bond donors (Lipinski definition) is 0. The monoisotopic (exact) mass is 446 g/mol. The molecule has 1 aromatic heterocycles. The van der Waals surface area contributed by atoms with Crippen molar-refractivity contribution < 1.29 is 17.9 Å². The number of amides is 1. The van der Waals surface area contributed by atoms with Crippen LogP contribution in [0.25, 0.3) is 0 Å². The summed E-state index contributed by atoms with van der Waals surface area (Å²) in [6, 6.07) is 7.69. The first-order chi connectivity index (χ1) is 14.7. The summed E-state index contributed by atoms with van der Waals surface area (Å²) in [6.45, 7) is 7.48. The lowest BCUT2D eigenvalue weighted by Crippen LogP contribution is -2.53. The van der Waals surface area contributed by atoms with E-state index in [9.17, 15) is 13.2 Å². The molecule has 0 radical (unpaired) electrons. The molecule has 1 aromatic carbocycles. The van der Waals surface area contributed by atoms with E-state index in [1.165, 1.54) is 4.31 Å². The molecule has 2 heterocycles. The molecule has 8 nitrogen and oxygen atoms in total. The van der Waals surface area contributed by atoms with Gasteiger partial charge in [0.2, 0.25) is 15.9 Å². The van der Waals surface area contributed by atoms with Gasteiger partial charge >= 0.3 is 0 Å². The van der Waals surface area contributed by atoms with Gasteiger partial charge in [-0.1, -0.05) is 12.1 Å². The molecule has 0 spiro atoms. The Balaban J connectivity index is 1.47. The topological polar surface area (TPSA) is 84.7 Å². The fraction of sp³-hybridized carbons (Fsp3) is 0.545. The summed E-state index contributed by atoms with van der Waals surface area (Å²) in [6.07, 6.45) is 1.65. The Bertz CT molecular complexity index is 1080. The molecule has 4 rings (SSSR count). The van der Waals surface area contributed by atoms with Gasteiger partial charge in [-0.05, 0) is 51.3 Å². The van der Waals surface area contributed by atoms with Crippen molar-refractivity contribution in [1.29, 1.82) is 0 Å². The normalized spacial score (nSPS) is 18.8. The van der Waals surface area contributed by atoms with Gasteiger partial charge in [-0.3, -0.25) is 9.48 Å². The Morgan fingerprint density at radius 3 is 2.19 bits per heavy atom. The van der Waals surface area contributed by atoms with Crippen LogP contribution in [0.2, 0.25) is 0 Å². The first kappa shape index (κ1) is 21.8. The van der Waals surface area contributed by atoms with Crippen molar-refractivity contribution in [2.24, 2.45) is 0 Å². The van der Waals surface area contributed by atoms with Crippen LogP contribution in [0, 0.1) is 13.8 Å². The van der Waals surface area contributed by atoms with E-state index in [1.54, 1.807) is 25.6 Å². The van der Waals surface area contributed by atoms with Gasteiger partial charge in [0.1, 0.15) is 10.6 Å². The summed E-state index contributed by atoms with van der Waals surface area (Å²) >= 11 is 0. The van der Waals surface area contributed by atoms with E-state index in [0.29, 0.717) is 49.0 Å². The van der Waals surface area contributed by atoms with Gasteiger partial charge in [0.05, 0.1) is 23.9 Å². The summed E-state index contributed by atoms with van der Waals surface area (Å²) < 4.78 is 35.0. The van der Waals surface area contributed by atoms with E-state index in [2.05, 4.69) is 5.10 Å². The van der Waals surface area contributed by atoms with Crippen LogP contribution in [0.5, 0.6) is 5.75 Å². The average Bonchev–Trinajstić information content (AvgIpc) is 3.53. The second-order valence-electron chi connectivity index (χ2n) is 8.32. The Morgan fingerprint density at radius 2 is 1.71 bits per heavy atom. The number of sulfonamides is 1.